The maximum atomic E-state index is 11.9. The van der Waals surface area contributed by atoms with Gasteiger partial charge in [0, 0.05) is 22.1 Å². The number of benzene rings is 2. The number of fused-ring (bicyclic) bond motifs is 1. The lowest BCUT2D eigenvalue weighted by Gasteiger charge is -2.11. The average molecular weight is 450 g/mol. The fourth-order valence-electron chi connectivity index (χ4n) is 2.61. The molecule has 140 valence electrons. The average Bonchev–Trinajstić information content (AvgIpc) is 2.62. The van der Waals surface area contributed by atoms with Gasteiger partial charge in [0.15, 0.2) is 9.84 Å². The third-order valence-corrected chi connectivity index (χ3v) is 6.17. The minimum Gasteiger partial charge on any atom is -0.481 e. The Morgan fingerprint density at radius 2 is 1.96 bits per heavy atom. The van der Waals surface area contributed by atoms with Crippen LogP contribution in [0, 0.1) is 0 Å². The summed E-state index contributed by atoms with van der Waals surface area (Å²) in [5, 5.41) is 10.7. The first-order chi connectivity index (χ1) is 12.8. The van der Waals surface area contributed by atoms with Gasteiger partial charge in [-0.05, 0) is 35.2 Å². The highest BCUT2D eigenvalue weighted by molar-refractivity contribution is 9.10. The van der Waals surface area contributed by atoms with Crippen LogP contribution in [0.15, 0.2) is 58.0 Å². The van der Waals surface area contributed by atoms with Crippen LogP contribution < -0.4 is 4.74 Å². The minimum atomic E-state index is -3.34. The Hall–Kier alpha value is -2.45. The number of hydrogen-bond acceptors (Lipinski definition) is 5. The number of ether oxygens (including phenoxy) is 1. The molecule has 1 heterocycles. The van der Waals surface area contributed by atoms with Crippen molar-refractivity contribution in [3.05, 3.63) is 58.7 Å². The van der Waals surface area contributed by atoms with Crippen LogP contribution in [0.3, 0.4) is 0 Å². The monoisotopic (exact) mass is 449 g/mol. The van der Waals surface area contributed by atoms with E-state index in [0.717, 1.165) is 15.2 Å². The van der Waals surface area contributed by atoms with E-state index in [1.807, 2.05) is 18.2 Å². The van der Waals surface area contributed by atoms with Gasteiger partial charge in [-0.2, -0.15) is 0 Å². The molecule has 0 saturated carbocycles. The van der Waals surface area contributed by atoms with Gasteiger partial charge in [-0.3, -0.25) is 4.79 Å². The van der Waals surface area contributed by atoms with Crippen LogP contribution in [0.5, 0.6) is 11.6 Å². The maximum Gasteiger partial charge on any atom is 0.307 e. The lowest BCUT2D eigenvalue weighted by molar-refractivity contribution is -0.136. The number of rotatable bonds is 6. The second-order valence-electron chi connectivity index (χ2n) is 5.87. The van der Waals surface area contributed by atoms with E-state index in [9.17, 15) is 13.2 Å². The summed E-state index contributed by atoms with van der Waals surface area (Å²) in [7, 11) is -3.34. The Bertz CT molecular complexity index is 1110. The number of carbonyl (C=O) groups is 1. The van der Waals surface area contributed by atoms with Gasteiger partial charge in [0.1, 0.15) is 5.75 Å². The number of aliphatic carboxylic acids is 1. The first-order valence-corrected chi connectivity index (χ1v) is 10.5. The molecule has 0 fully saturated rings. The van der Waals surface area contributed by atoms with Crippen molar-refractivity contribution in [2.45, 2.75) is 18.2 Å². The minimum absolute atomic E-state index is 0.00914. The summed E-state index contributed by atoms with van der Waals surface area (Å²) in [6.07, 6.45) is 1.12. The van der Waals surface area contributed by atoms with Crippen LogP contribution >= 0.6 is 15.9 Å². The molecule has 1 N–H and O–H groups in total. The molecule has 0 amide bonds. The van der Waals surface area contributed by atoms with Crippen molar-refractivity contribution in [1.82, 2.24) is 4.98 Å². The van der Waals surface area contributed by atoms with E-state index in [2.05, 4.69) is 20.9 Å². The first kappa shape index (κ1) is 19.3. The third kappa shape index (κ3) is 4.45. The standard InChI is InChI=1S/C19H16BrNO5S/c1-2-27(24,25)15-5-6-18(21-11-15)26-17-8-12(9-19(22)23)7-13-3-4-14(20)10-16(13)17/h3-8,10-11H,2,9H2,1H3,(H,22,23). The Labute approximate surface area is 164 Å². The number of carboxylic acid groups (broad SMARTS) is 1. The normalized spacial score (nSPS) is 11.5. The Morgan fingerprint density at radius 3 is 2.59 bits per heavy atom. The van der Waals surface area contributed by atoms with Crippen molar-refractivity contribution in [2.75, 3.05) is 5.75 Å². The van der Waals surface area contributed by atoms with Crippen LogP contribution in [-0.4, -0.2) is 30.2 Å². The molecule has 0 aliphatic heterocycles. The van der Waals surface area contributed by atoms with E-state index in [0.29, 0.717) is 11.3 Å². The zero-order chi connectivity index (χ0) is 19.6. The van der Waals surface area contributed by atoms with Crippen molar-refractivity contribution < 1.29 is 23.1 Å². The van der Waals surface area contributed by atoms with E-state index in [1.165, 1.54) is 18.3 Å². The number of pyridine rings is 1. The van der Waals surface area contributed by atoms with Gasteiger partial charge in [0.2, 0.25) is 5.88 Å². The summed E-state index contributed by atoms with van der Waals surface area (Å²) < 4.78 is 30.5. The second-order valence-corrected chi connectivity index (χ2v) is 9.06. The quantitative estimate of drug-likeness (QED) is 0.605. The Morgan fingerprint density at radius 1 is 1.19 bits per heavy atom. The zero-order valence-corrected chi connectivity index (χ0v) is 16.7. The van der Waals surface area contributed by atoms with Crippen molar-refractivity contribution in [3.63, 3.8) is 0 Å². The second kappa shape index (κ2) is 7.66. The van der Waals surface area contributed by atoms with E-state index in [4.69, 9.17) is 9.84 Å². The van der Waals surface area contributed by atoms with Crippen LogP contribution in [0.2, 0.25) is 0 Å². The number of nitrogens with zero attached hydrogens (tertiary/aromatic N) is 1. The van der Waals surface area contributed by atoms with Crippen LogP contribution in [0.1, 0.15) is 12.5 Å². The highest BCUT2D eigenvalue weighted by Crippen LogP contribution is 2.33. The van der Waals surface area contributed by atoms with Crippen molar-refractivity contribution in [2.24, 2.45) is 0 Å². The van der Waals surface area contributed by atoms with E-state index in [-0.39, 0.29) is 22.9 Å². The third-order valence-electron chi connectivity index (χ3n) is 3.96. The summed E-state index contributed by atoms with van der Waals surface area (Å²) in [6, 6.07) is 12.0. The summed E-state index contributed by atoms with van der Waals surface area (Å²) in [4.78, 5) is 15.3. The molecule has 3 rings (SSSR count). The fourth-order valence-corrected chi connectivity index (χ4v) is 3.79. The number of aromatic nitrogens is 1. The predicted octanol–water partition coefficient (Wildman–Crippen LogP) is 4.21. The largest absolute Gasteiger partial charge is 0.481 e. The van der Waals surface area contributed by atoms with Gasteiger partial charge in [0.25, 0.3) is 0 Å². The van der Waals surface area contributed by atoms with Crippen molar-refractivity contribution in [3.8, 4) is 11.6 Å². The maximum absolute atomic E-state index is 11.9. The zero-order valence-electron chi connectivity index (χ0n) is 14.3. The molecule has 0 unspecified atom stereocenters. The molecule has 0 saturated heterocycles. The van der Waals surface area contributed by atoms with Gasteiger partial charge in [-0.1, -0.05) is 35.0 Å². The molecular formula is C19H16BrNO5S. The number of halogens is 1. The molecule has 0 radical (unpaired) electrons. The molecular weight excluding hydrogens is 434 g/mol. The topological polar surface area (TPSA) is 93.6 Å². The van der Waals surface area contributed by atoms with Gasteiger partial charge < -0.3 is 9.84 Å². The SMILES string of the molecule is CCS(=O)(=O)c1ccc(Oc2cc(CC(=O)O)cc3ccc(Br)cc23)nc1. The summed E-state index contributed by atoms with van der Waals surface area (Å²) in [5.41, 5.74) is 0.595. The molecule has 27 heavy (non-hydrogen) atoms. The Balaban J connectivity index is 2.02. The lowest BCUT2D eigenvalue weighted by atomic mass is 10.0. The first-order valence-electron chi connectivity index (χ1n) is 8.09. The number of hydrogen-bond donors (Lipinski definition) is 1. The summed E-state index contributed by atoms with van der Waals surface area (Å²) in [6.45, 7) is 1.57. The molecule has 0 aliphatic rings. The van der Waals surface area contributed by atoms with E-state index < -0.39 is 15.8 Å². The summed E-state index contributed by atoms with van der Waals surface area (Å²) in [5.74, 6) is -0.280. The molecule has 0 bridgehead atoms. The molecule has 0 aliphatic carbocycles. The van der Waals surface area contributed by atoms with Crippen LogP contribution in [-0.2, 0) is 21.1 Å². The summed E-state index contributed by atoms with van der Waals surface area (Å²) >= 11 is 3.42. The van der Waals surface area contributed by atoms with Gasteiger partial charge in [-0.25, -0.2) is 13.4 Å². The highest BCUT2D eigenvalue weighted by atomic mass is 79.9. The molecule has 8 heteroatoms. The van der Waals surface area contributed by atoms with Gasteiger partial charge in [0.05, 0.1) is 17.1 Å². The van der Waals surface area contributed by atoms with E-state index >= 15 is 0 Å². The van der Waals surface area contributed by atoms with Crippen molar-refractivity contribution >= 4 is 42.5 Å². The highest BCUT2D eigenvalue weighted by Gasteiger charge is 2.14. The van der Waals surface area contributed by atoms with Crippen LogP contribution in [0.25, 0.3) is 10.8 Å². The van der Waals surface area contributed by atoms with Gasteiger partial charge in [-0.15, -0.1) is 0 Å². The Kier molecular flexibility index (Phi) is 5.48. The number of sulfone groups is 1. The molecule has 1 aromatic heterocycles. The lowest BCUT2D eigenvalue weighted by Crippen LogP contribution is -2.04. The molecule has 0 spiro atoms. The van der Waals surface area contributed by atoms with Gasteiger partial charge >= 0.3 is 5.97 Å². The predicted molar refractivity (Wildman–Crippen MR) is 105 cm³/mol. The van der Waals surface area contributed by atoms with E-state index in [1.54, 1.807) is 19.1 Å². The number of carboxylic acids is 1. The molecule has 3 aromatic rings. The van der Waals surface area contributed by atoms with Crippen LogP contribution in [0.4, 0.5) is 0 Å². The van der Waals surface area contributed by atoms with Crippen molar-refractivity contribution in [1.29, 1.82) is 0 Å². The molecule has 6 nitrogen and oxygen atoms in total. The molecule has 0 atom stereocenters. The fraction of sp³-hybridized carbons (Fsp3) is 0.158. The smallest absolute Gasteiger partial charge is 0.307 e. The molecule has 2 aromatic carbocycles.